The van der Waals surface area contributed by atoms with Crippen LogP contribution < -0.4 is 0 Å². The average molecular weight is 272 g/mol. The molecule has 0 saturated heterocycles. The normalized spacial score (nSPS) is 44.5. The molecule has 1 fully saturated rings. The molecule has 0 aromatic rings. The van der Waals surface area contributed by atoms with Gasteiger partial charge in [-0.25, -0.2) is 0 Å². The van der Waals surface area contributed by atoms with Gasteiger partial charge in [0.05, 0.1) is 0 Å². The number of hydrogen-bond donors (Lipinski definition) is 0. The first-order chi connectivity index (χ1) is 9.38. The van der Waals surface area contributed by atoms with E-state index in [0.29, 0.717) is 10.8 Å². The van der Waals surface area contributed by atoms with Crippen molar-refractivity contribution in [2.24, 2.45) is 28.6 Å². The fraction of sp³-hybridized carbons (Fsp3) is 0.800. The molecular formula is C20H32. The van der Waals surface area contributed by atoms with Gasteiger partial charge in [0.25, 0.3) is 0 Å². The fourth-order valence-electron chi connectivity index (χ4n) is 5.56. The molecule has 0 aliphatic heterocycles. The minimum atomic E-state index is 0.434. The number of allylic oxidation sites excluding steroid dienone is 4. The molecular weight excluding hydrogens is 240 g/mol. The molecule has 3 aliphatic carbocycles. The lowest BCUT2D eigenvalue weighted by Crippen LogP contribution is -2.51. The topological polar surface area (TPSA) is 0 Å². The third-order valence-electron chi connectivity index (χ3n) is 7.35. The van der Waals surface area contributed by atoms with Crippen molar-refractivity contribution >= 4 is 0 Å². The van der Waals surface area contributed by atoms with E-state index in [4.69, 9.17) is 0 Å². The summed E-state index contributed by atoms with van der Waals surface area (Å²) in [6, 6.07) is 0. The molecule has 0 spiro atoms. The van der Waals surface area contributed by atoms with E-state index < -0.39 is 0 Å². The number of hydrogen-bond acceptors (Lipinski definition) is 0. The van der Waals surface area contributed by atoms with E-state index >= 15 is 0 Å². The van der Waals surface area contributed by atoms with Gasteiger partial charge in [0.15, 0.2) is 0 Å². The van der Waals surface area contributed by atoms with Crippen LogP contribution in [-0.2, 0) is 0 Å². The maximum absolute atomic E-state index is 2.62. The zero-order valence-corrected chi connectivity index (χ0v) is 14.1. The highest BCUT2D eigenvalue weighted by Gasteiger charge is 2.55. The molecule has 2 unspecified atom stereocenters. The van der Waals surface area contributed by atoms with E-state index in [1.54, 1.807) is 11.1 Å². The van der Waals surface area contributed by atoms with Gasteiger partial charge in [0, 0.05) is 0 Å². The summed E-state index contributed by atoms with van der Waals surface area (Å²) in [6.07, 6.45) is 13.5. The lowest BCUT2D eigenvalue weighted by Gasteiger charge is -2.60. The molecule has 4 atom stereocenters. The summed E-state index contributed by atoms with van der Waals surface area (Å²) in [7, 11) is 0. The van der Waals surface area contributed by atoms with Crippen LogP contribution in [0.1, 0.15) is 73.1 Å². The van der Waals surface area contributed by atoms with Crippen molar-refractivity contribution < 1.29 is 0 Å². The van der Waals surface area contributed by atoms with Gasteiger partial charge < -0.3 is 0 Å². The van der Waals surface area contributed by atoms with Crippen LogP contribution in [0, 0.1) is 28.6 Å². The molecule has 3 aliphatic rings. The minimum absolute atomic E-state index is 0.434. The van der Waals surface area contributed by atoms with Gasteiger partial charge in [0.1, 0.15) is 0 Å². The zero-order chi connectivity index (χ0) is 14.5. The molecule has 0 amide bonds. The third-order valence-corrected chi connectivity index (χ3v) is 7.35. The second-order valence-corrected chi connectivity index (χ2v) is 8.49. The highest BCUT2D eigenvalue weighted by molar-refractivity contribution is 5.39. The van der Waals surface area contributed by atoms with E-state index in [2.05, 4.69) is 46.8 Å². The summed E-state index contributed by atoms with van der Waals surface area (Å²) in [5.41, 5.74) is 4.33. The molecule has 0 radical (unpaired) electrons. The first kappa shape index (κ1) is 14.4. The van der Waals surface area contributed by atoms with Crippen LogP contribution in [0.3, 0.4) is 0 Å². The van der Waals surface area contributed by atoms with Crippen LogP contribution in [0.25, 0.3) is 0 Å². The Kier molecular flexibility index (Phi) is 3.42. The van der Waals surface area contributed by atoms with E-state index in [-0.39, 0.29) is 0 Å². The minimum Gasteiger partial charge on any atom is -0.0804 e. The lowest BCUT2D eigenvalue weighted by atomic mass is 9.44. The Hall–Kier alpha value is -0.520. The second-order valence-electron chi connectivity index (χ2n) is 8.49. The molecule has 0 bridgehead atoms. The molecule has 112 valence electrons. The SMILES string of the molecule is CC(C)C1=CC2=CCC3C(C)CCC[C@]3(C)[C@@]2(C)CC1. The predicted molar refractivity (Wildman–Crippen MR) is 87.6 cm³/mol. The number of fused-ring (bicyclic) bond motifs is 3. The van der Waals surface area contributed by atoms with Crippen molar-refractivity contribution in [2.75, 3.05) is 0 Å². The van der Waals surface area contributed by atoms with E-state index in [0.717, 1.165) is 17.8 Å². The van der Waals surface area contributed by atoms with Gasteiger partial charge in [-0.2, -0.15) is 0 Å². The average Bonchev–Trinajstić information content (AvgIpc) is 2.39. The molecule has 0 heterocycles. The standard InChI is InChI=1S/C20H32/c1-14(2)16-10-12-19(4)17(13-16)8-9-18-15(3)7-6-11-20(18,19)5/h8,13-15,18H,6-7,9-12H2,1-5H3/t15?,18?,19-,20-/m0/s1. The van der Waals surface area contributed by atoms with E-state index in [1.165, 1.54) is 38.5 Å². The van der Waals surface area contributed by atoms with Crippen LogP contribution >= 0.6 is 0 Å². The van der Waals surface area contributed by atoms with Crippen molar-refractivity contribution in [3.63, 3.8) is 0 Å². The summed E-state index contributed by atoms with van der Waals surface area (Å²) in [4.78, 5) is 0. The Morgan fingerprint density at radius 1 is 1.20 bits per heavy atom. The summed E-state index contributed by atoms with van der Waals surface area (Å²) in [6.45, 7) is 12.4. The largest absolute Gasteiger partial charge is 0.0804 e. The highest BCUT2D eigenvalue weighted by atomic mass is 14.6. The van der Waals surface area contributed by atoms with Crippen LogP contribution in [0.2, 0.25) is 0 Å². The highest BCUT2D eigenvalue weighted by Crippen LogP contribution is 2.64. The van der Waals surface area contributed by atoms with Crippen molar-refractivity contribution in [2.45, 2.75) is 73.1 Å². The monoisotopic (exact) mass is 272 g/mol. The first-order valence-corrected chi connectivity index (χ1v) is 8.79. The zero-order valence-electron chi connectivity index (χ0n) is 14.1. The Balaban J connectivity index is 2.03. The van der Waals surface area contributed by atoms with Gasteiger partial charge >= 0.3 is 0 Å². The summed E-state index contributed by atoms with van der Waals surface area (Å²) in [5, 5.41) is 0. The molecule has 20 heavy (non-hydrogen) atoms. The molecule has 0 N–H and O–H groups in total. The third kappa shape index (κ3) is 1.86. The smallest absolute Gasteiger partial charge is 0.00188 e. The summed E-state index contributed by atoms with van der Waals surface area (Å²) < 4.78 is 0. The molecule has 3 rings (SSSR count). The van der Waals surface area contributed by atoms with Crippen LogP contribution in [0.5, 0.6) is 0 Å². The molecule has 1 saturated carbocycles. The lowest BCUT2D eigenvalue weighted by molar-refractivity contribution is -0.0448. The predicted octanol–water partition coefficient (Wildman–Crippen LogP) is 6.14. The molecule has 0 nitrogen and oxygen atoms in total. The van der Waals surface area contributed by atoms with E-state index in [9.17, 15) is 0 Å². The maximum Gasteiger partial charge on any atom is -0.00188 e. The van der Waals surface area contributed by atoms with Gasteiger partial charge in [-0.05, 0) is 59.8 Å². The Labute approximate surface area is 125 Å². The van der Waals surface area contributed by atoms with Crippen LogP contribution in [0.15, 0.2) is 23.3 Å². The van der Waals surface area contributed by atoms with Gasteiger partial charge in [0.2, 0.25) is 0 Å². The van der Waals surface area contributed by atoms with Crippen LogP contribution in [0.4, 0.5) is 0 Å². The summed E-state index contributed by atoms with van der Waals surface area (Å²) in [5.74, 6) is 2.55. The maximum atomic E-state index is 2.62. The summed E-state index contributed by atoms with van der Waals surface area (Å²) >= 11 is 0. The Bertz CT molecular complexity index is 453. The van der Waals surface area contributed by atoms with Crippen LogP contribution in [-0.4, -0.2) is 0 Å². The van der Waals surface area contributed by atoms with Crippen molar-refractivity contribution in [1.82, 2.24) is 0 Å². The fourth-order valence-corrected chi connectivity index (χ4v) is 5.56. The molecule has 0 heteroatoms. The van der Waals surface area contributed by atoms with Gasteiger partial charge in [-0.15, -0.1) is 0 Å². The van der Waals surface area contributed by atoms with Crippen molar-refractivity contribution in [3.8, 4) is 0 Å². The van der Waals surface area contributed by atoms with Crippen molar-refractivity contribution in [1.29, 1.82) is 0 Å². The quantitative estimate of drug-likeness (QED) is 0.537. The number of rotatable bonds is 1. The molecule has 0 aromatic carbocycles. The van der Waals surface area contributed by atoms with Crippen molar-refractivity contribution in [3.05, 3.63) is 23.3 Å². The van der Waals surface area contributed by atoms with Gasteiger partial charge in [-0.3, -0.25) is 0 Å². The molecule has 0 aromatic heterocycles. The Morgan fingerprint density at radius 3 is 2.65 bits per heavy atom. The Morgan fingerprint density at radius 2 is 1.95 bits per heavy atom. The van der Waals surface area contributed by atoms with E-state index in [1.807, 2.05) is 0 Å². The second kappa shape index (κ2) is 4.75. The van der Waals surface area contributed by atoms with Gasteiger partial charge in [-0.1, -0.05) is 65.2 Å². The first-order valence-electron chi connectivity index (χ1n) is 8.79.